The fourth-order valence-corrected chi connectivity index (χ4v) is 8.12. The fraction of sp³-hybridized carbons (Fsp3) is 0.788. The Labute approximate surface area is 245 Å². The molecule has 0 radical (unpaired) electrons. The Morgan fingerprint density at radius 1 is 1.15 bits per heavy atom. The number of rotatable bonds is 9. The van der Waals surface area contributed by atoms with Crippen molar-refractivity contribution in [1.82, 2.24) is 0 Å². The van der Waals surface area contributed by atoms with Crippen molar-refractivity contribution in [2.45, 2.75) is 141 Å². The number of aliphatic carboxylic acids is 1. The van der Waals surface area contributed by atoms with Gasteiger partial charge < -0.3 is 35.0 Å². The zero-order valence-electron chi connectivity index (χ0n) is 25.3. The van der Waals surface area contributed by atoms with E-state index in [1.165, 1.54) is 31.3 Å². The van der Waals surface area contributed by atoms with Gasteiger partial charge in [0.15, 0.2) is 12.4 Å². The summed E-state index contributed by atoms with van der Waals surface area (Å²) >= 11 is 0. The van der Waals surface area contributed by atoms with Gasteiger partial charge in [-0.15, -0.1) is 0 Å². The molecule has 0 amide bonds. The van der Waals surface area contributed by atoms with Crippen molar-refractivity contribution in [3.05, 3.63) is 35.5 Å². The average Bonchev–Trinajstić information content (AvgIpc) is 3.25. The van der Waals surface area contributed by atoms with Crippen molar-refractivity contribution < 1.29 is 39.8 Å². The van der Waals surface area contributed by atoms with Crippen LogP contribution in [0.3, 0.4) is 0 Å². The summed E-state index contributed by atoms with van der Waals surface area (Å²) < 4.78 is 11.3. The zero-order chi connectivity index (χ0) is 30.1. The van der Waals surface area contributed by atoms with E-state index in [0.717, 1.165) is 36.8 Å². The number of aliphatic hydroxyl groups is 4. The molecule has 3 saturated carbocycles. The van der Waals surface area contributed by atoms with Gasteiger partial charge >= 0.3 is 5.97 Å². The number of hydrogen-bond donors (Lipinski definition) is 5. The van der Waals surface area contributed by atoms with E-state index in [-0.39, 0.29) is 6.10 Å². The molecule has 3 aliphatic carbocycles. The maximum atomic E-state index is 11.5. The standard InChI is InChI=1S/C33H52O8/c1-19-10-13-23(40-31-28(36)26(34)27(35)29(41-31)30(37)38)18-22(19)12-11-21-9-7-17-33(5)24(14-15-25(21)33)20(2)8-6-16-32(3,4)39/h11-12,20,23-29,31,34-36,39H,1,6-10,13-18H2,2-5H3,(H,37,38)/b21-11+,22-12-. The number of aliphatic hydroxyl groups excluding tert-OH is 3. The van der Waals surface area contributed by atoms with E-state index in [0.29, 0.717) is 42.4 Å². The molecule has 5 N–H and O–H groups in total. The summed E-state index contributed by atoms with van der Waals surface area (Å²) in [5.41, 5.74) is 3.34. The van der Waals surface area contributed by atoms with E-state index in [1.54, 1.807) is 0 Å². The Morgan fingerprint density at radius 3 is 2.56 bits per heavy atom. The lowest BCUT2D eigenvalue weighted by Gasteiger charge is -2.44. The largest absolute Gasteiger partial charge is 0.479 e. The van der Waals surface area contributed by atoms with Crippen LogP contribution in [0, 0.1) is 23.2 Å². The first-order chi connectivity index (χ1) is 19.2. The van der Waals surface area contributed by atoms with Crippen molar-refractivity contribution >= 4 is 5.97 Å². The van der Waals surface area contributed by atoms with E-state index in [1.807, 2.05) is 13.8 Å². The first-order valence-electron chi connectivity index (χ1n) is 15.6. The third-order valence-electron chi connectivity index (χ3n) is 10.5. The summed E-state index contributed by atoms with van der Waals surface area (Å²) in [7, 11) is 0. The van der Waals surface area contributed by atoms with Gasteiger partial charge in [-0.25, -0.2) is 4.79 Å². The zero-order valence-corrected chi connectivity index (χ0v) is 25.3. The second kappa shape index (κ2) is 13.0. The number of hydrogen-bond acceptors (Lipinski definition) is 7. The molecule has 1 saturated heterocycles. The second-order valence-electron chi connectivity index (χ2n) is 14.1. The molecule has 4 rings (SSSR count). The lowest BCUT2D eigenvalue weighted by atomic mass is 9.60. The van der Waals surface area contributed by atoms with Crippen LogP contribution in [-0.4, -0.2) is 73.9 Å². The fourth-order valence-electron chi connectivity index (χ4n) is 8.12. The van der Waals surface area contributed by atoms with Crippen LogP contribution in [0.2, 0.25) is 0 Å². The van der Waals surface area contributed by atoms with Crippen molar-refractivity contribution in [2.24, 2.45) is 23.2 Å². The molecule has 1 heterocycles. The predicted octanol–water partition coefficient (Wildman–Crippen LogP) is 4.65. The van der Waals surface area contributed by atoms with Crippen molar-refractivity contribution in [1.29, 1.82) is 0 Å². The van der Waals surface area contributed by atoms with E-state index in [2.05, 4.69) is 32.6 Å². The highest BCUT2D eigenvalue weighted by Crippen LogP contribution is 2.60. The van der Waals surface area contributed by atoms with Crippen molar-refractivity contribution in [3.63, 3.8) is 0 Å². The predicted molar refractivity (Wildman–Crippen MR) is 156 cm³/mol. The van der Waals surface area contributed by atoms with Crippen LogP contribution in [0.5, 0.6) is 0 Å². The lowest BCUT2D eigenvalue weighted by molar-refractivity contribution is -0.304. The topological polar surface area (TPSA) is 137 Å². The normalized spacial score (nSPS) is 41.0. The highest BCUT2D eigenvalue weighted by atomic mass is 16.7. The molecule has 0 bridgehead atoms. The molecule has 10 unspecified atom stereocenters. The Hall–Kier alpha value is -1.55. The summed E-state index contributed by atoms with van der Waals surface area (Å²) in [5.74, 6) is 0.487. The number of allylic oxidation sites excluding steroid dienone is 4. The molecule has 8 heteroatoms. The molecule has 0 aromatic heterocycles. The summed E-state index contributed by atoms with van der Waals surface area (Å²) in [6.07, 6.45) is 7.16. The lowest BCUT2D eigenvalue weighted by Crippen LogP contribution is -2.60. The third kappa shape index (κ3) is 7.34. The van der Waals surface area contributed by atoms with Crippen LogP contribution >= 0.6 is 0 Å². The van der Waals surface area contributed by atoms with Gasteiger partial charge in [0, 0.05) is 0 Å². The minimum Gasteiger partial charge on any atom is -0.479 e. The summed E-state index contributed by atoms with van der Waals surface area (Å²) in [6, 6.07) is 0. The first-order valence-corrected chi connectivity index (χ1v) is 15.6. The Morgan fingerprint density at radius 2 is 1.88 bits per heavy atom. The van der Waals surface area contributed by atoms with Crippen LogP contribution in [0.4, 0.5) is 0 Å². The second-order valence-corrected chi connectivity index (χ2v) is 14.1. The highest BCUT2D eigenvalue weighted by Gasteiger charge is 2.51. The molecular weight excluding hydrogens is 524 g/mol. The molecule has 0 aromatic rings. The number of ether oxygens (including phenoxy) is 2. The van der Waals surface area contributed by atoms with E-state index >= 15 is 0 Å². The van der Waals surface area contributed by atoms with E-state index in [9.17, 15) is 30.3 Å². The van der Waals surface area contributed by atoms with Crippen LogP contribution in [0.1, 0.15) is 98.3 Å². The summed E-state index contributed by atoms with van der Waals surface area (Å²) in [6.45, 7) is 13.0. The quantitative estimate of drug-likeness (QED) is 0.268. The molecule has 4 aliphatic rings. The molecular formula is C33H52O8. The van der Waals surface area contributed by atoms with Crippen LogP contribution in [-0.2, 0) is 14.3 Å². The van der Waals surface area contributed by atoms with Crippen molar-refractivity contribution in [2.75, 3.05) is 0 Å². The van der Waals surface area contributed by atoms with Gasteiger partial charge in [0.25, 0.3) is 0 Å². The smallest absolute Gasteiger partial charge is 0.335 e. The van der Waals surface area contributed by atoms with Gasteiger partial charge in [0.2, 0.25) is 0 Å². The monoisotopic (exact) mass is 576 g/mol. The number of carboxylic acids is 1. The van der Waals surface area contributed by atoms with Gasteiger partial charge in [-0.1, -0.05) is 56.6 Å². The van der Waals surface area contributed by atoms with Gasteiger partial charge in [0.05, 0.1) is 11.7 Å². The Bertz CT molecular complexity index is 1010. The highest BCUT2D eigenvalue weighted by molar-refractivity contribution is 5.73. The summed E-state index contributed by atoms with van der Waals surface area (Å²) in [5, 5.41) is 49.9. The Balaban J connectivity index is 1.41. The maximum absolute atomic E-state index is 11.5. The van der Waals surface area contributed by atoms with Gasteiger partial charge in [-0.05, 0) is 100 Å². The van der Waals surface area contributed by atoms with Crippen LogP contribution in [0.15, 0.2) is 35.5 Å². The average molecular weight is 577 g/mol. The van der Waals surface area contributed by atoms with Gasteiger partial charge in [0.1, 0.15) is 18.3 Å². The van der Waals surface area contributed by atoms with Crippen LogP contribution < -0.4 is 0 Å². The van der Waals surface area contributed by atoms with Gasteiger partial charge in [-0.3, -0.25) is 0 Å². The number of carboxylic acid groups (broad SMARTS) is 1. The molecule has 41 heavy (non-hydrogen) atoms. The first kappa shape index (κ1) is 32.4. The van der Waals surface area contributed by atoms with Crippen LogP contribution in [0.25, 0.3) is 0 Å². The Kier molecular flexibility index (Phi) is 10.2. The third-order valence-corrected chi connectivity index (χ3v) is 10.5. The molecule has 4 fully saturated rings. The molecule has 232 valence electrons. The number of carbonyl (C=O) groups is 1. The minimum atomic E-state index is -1.73. The molecule has 0 aromatic carbocycles. The maximum Gasteiger partial charge on any atom is 0.335 e. The van der Waals surface area contributed by atoms with E-state index < -0.39 is 42.3 Å². The molecule has 0 spiro atoms. The van der Waals surface area contributed by atoms with E-state index in [4.69, 9.17) is 9.47 Å². The molecule has 8 nitrogen and oxygen atoms in total. The molecule has 1 aliphatic heterocycles. The van der Waals surface area contributed by atoms with Gasteiger partial charge in [-0.2, -0.15) is 0 Å². The minimum absolute atomic E-state index is 0.298. The SMILES string of the molecule is C=C1CCC(OC2OC(C(=O)O)C(O)C(O)C2O)C/C1=C/C=C1\CCCC2(C)C1CCC2C(C)CCCC(C)(C)O. The summed E-state index contributed by atoms with van der Waals surface area (Å²) in [4.78, 5) is 11.5. The number of fused-ring (bicyclic) bond motifs is 1. The molecule has 10 atom stereocenters. The van der Waals surface area contributed by atoms with Crippen molar-refractivity contribution in [3.8, 4) is 0 Å².